The van der Waals surface area contributed by atoms with Crippen LogP contribution in [-0.2, 0) is 0 Å². The number of hydrogen-bond acceptors (Lipinski definition) is 1. The summed E-state index contributed by atoms with van der Waals surface area (Å²) >= 11 is 0. The molecule has 0 heterocycles. The molecule has 0 spiro atoms. The number of rotatable bonds is 5. The van der Waals surface area contributed by atoms with E-state index in [-0.39, 0.29) is 5.48 Å². The van der Waals surface area contributed by atoms with Gasteiger partial charge in [-0.25, -0.2) is 0 Å². The second kappa shape index (κ2) is 10.3. The molecule has 0 bridgehead atoms. The first kappa shape index (κ1) is 23.7. The molecule has 0 amide bonds. The summed E-state index contributed by atoms with van der Waals surface area (Å²) in [7, 11) is -2.19. The monoisotopic (exact) mass is 482 g/mol. The predicted octanol–water partition coefficient (Wildman–Crippen LogP) is 6.95. The van der Waals surface area contributed by atoms with Gasteiger partial charge in [0.15, 0.2) is 0 Å². The average Bonchev–Trinajstić information content (AvgIpc) is 2.95. The van der Waals surface area contributed by atoms with E-state index in [1.807, 2.05) is 0 Å². The molecule has 0 radical (unpaired) electrons. The van der Waals surface area contributed by atoms with Crippen molar-refractivity contribution < 1.29 is 5.48 Å². The Morgan fingerprint density at radius 3 is 1.33 bits per heavy atom. The van der Waals surface area contributed by atoms with Gasteiger partial charge < -0.3 is 5.48 Å². The summed E-state index contributed by atoms with van der Waals surface area (Å²) in [5, 5.41) is 8.04. The molecule has 0 unspecified atom stereocenters. The molecule has 6 rings (SSSR count). The van der Waals surface area contributed by atoms with Gasteiger partial charge in [0.05, 0.1) is 0 Å². The highest BCUT2D eigenvalue weighted by Gasteiger charge is 2.49. The first-order chi connectivity index (χ1) is 17.4. The van der Waals surface area contributed by atoms with Crippen molar-refractivity contribution in [1.29, 1.82) is 0 Å². The molecule has 1 N–H and O–H groups in total. The third-order valence-corrected chi connectivity index (χ3v) is 11.1. The minimum atomic E-state index is -2.19. The molecule has 36 heavy (non-hydrogen) atoms. The Balaban J connectivity index is 0.00000267. The molecule has 174 valence electrons. The molecule has 6 aromatic rings. The molecule has 0 aliphatic carbocycles. The summed E-state index contributed by atoms with van der Waals surface area (Å²) in [6, 6.07) is 57.7. The van der Waals surface area contributed by atoms with Crippen LogP contribution in [0.5, 0.6) is 0 Å². The maximum absolute atomic E-state index is 2.36. The lowest BCUT2D eigenvalue weighted by atomic mass is 9.98. The van der Waals surface area contributed by atoms with Crippen molar-refractivity contribution in [3.05, 3.63) is 158 Å². The molecule has 0 saturated heterocycles. The van der Waals surface area contributed by atoms with Gasteiger partial charge in [-0.1, -0.05) is 115 Å². The van der Waals surface area contributed by atoms with Gasteiger partial charge in [0, 0.05) is 5.56 Å². The Bertz CT molecular complexity index is 1480. The van der Waals surface area contributed by atoms with Crippen LogP contribution in [0.2, 0.25) is 0 Å². The van der Waals surface area contributed by atoms with Gasteiger partial charge in [-0.2, -0.15) is 0 Å². The van der Waals surface area contributed by atoms with E-state index >= 15 is 0 Å². The summed E-state index contributed by atoms with van der Waals surface area (Å²) in [5.41, 5.74) is 2.58. The summed E-state index contributed by atoms with van der Waals surface area (Å²) < 4.78 is 0. The van der Waals surface area contributed by atoms with Crippen LogP contribution in [0.25, 0.3) is 21.9 Å². The van der Waals surface area contributed by atoms with Crippen LogP contribution >= 0.6 is 7.26 Å². The highest BCUT2D eigenvalue weighted by Crippen LogP contribution is 2.56. The smallest absolute Gasteiger partial charge is 0.144 e. The standard InChI is InChI=1S/C34H26P.H2O/c1-4-17-28(18-5-1)35(29-19-6-2-7-20-29,30-21-8-3-9-22-30)34-26-13-12-24-33(34)32-25-14-16-27-15-10-11-23-31(27)32;/h1-26H;1H2/q+1;/p-1. The van der Waals surface area contributed by atoms with E-state index in [0.29, 0.717) is 0 Å². The van der Waals surface area contributed by atoms with E-state index in [1.165, 1.54) is 43.1 Å². The Morgan fingerprint density at radius 1 is 0.333 bits per heavy atom. The van der Waals surface area contributed by atoms with Crippen molar-refractivity contribution in [1.82, 2.24) is 0 Å². The molecule has 6 aromatic carbocycles. The van der Waals surface area contributed by atoms with Crippen LogP contribution in [0, 0.1) is 0 Å². The van der Waals surface area contributed by atoms with Crippen LogP contribution in [0.15, 0.2) is 158 Å². The fourth-order valence-electron chi connectivity index (χ4n) is 5.27. The van der Waals surface area contributed by atoms with E-state index in [0.717, 1.165) is 0 Å². The average molecular weight is 483 g/mol. The van der Waals surface area contributed by atoms with Gasteiger partial charge in [0.2, 0.25) is 0 Å². The minimum absolute atomic E-state index is 0. The Labute approximate surface area is 213 Å². The quantitative estimate of drug-likeness (QED) is 0.245. The third kappa shape index (κ3) is 3.93. The van der Waals surface area contributed by atoms with Crippen LogP contribution in [-0.4, -0.2) is 5.48 Å². The van der Waals surface area contributed by atoms with E-state index in [9.17, 15) is 0 Å². The van der Waals surface area contributed by atoms with Crippen molar-refractivity contribution in [2.24, 2.45) is 0 Å². The molecule has 0 fully saturated rings. The van der Waals surface area contributed by atoms with Crippen molar-refractivity contribution >= 4 is 39.3 Å². The maximum atomic E-state index is 2.36. The summed E-state index contributed by atoms with van der Waals surface area (Å²) in [6.07, 6.45) is 0. The zero-order chi connectivity index (χ0) is 23.5. The minimum Gasteiger partial charge on any atom is -0.870 e. The van der Waals surface area contributed by atoms with E-state index in [4.69, 9.17) is 0 Å². The van der Waals surface area contributed by atoms with Gasteiger partial charge in [-0.05, 0) is 58.8 Å². The molecule has 0 aliphatic rings. The molecular formula is C34H27OP. The van der Waals surface area contributed by atoms with Crippen LogP contribution in [0.3, 0.4) is 0 Å². The molecule has 1 nitrogen and oxygen atoms in total. The zero-order valence-corrected chi connectivity index (χ0v) is 20.8. The fraction of sp³-hybridized carbons (Fsp3) is 0. The SMILES string of the molecule is [OH-].c1ccc([P+](c2ccccc2)(c2ccccc2)c2ccccc2-c2cccc3ccccc23)cc1. The zero-order valence-electron chi connectivity index (χ0n) is 19.9. The molecule has 0 aliphatic heterocycles. The lowest BCUT2D eigenvalue weighted by molar-refractivity contribution is 0.824. The Kier molecular flexibility index (Phi) is 6.78. The van der Waals surface area contributed by atoms with Crippen LogP contribution < -0.4 is 21.2 Å². The second-order valence-electron chi connectivity index (χ2n) is 8.72. The van der Waals surface area contributed by atoms with E-state index in [1.54, 1.807) is 0 Å². The van der Waals surface area contributed by atoms with Gasteiger partial charge in [0.25, 0.3) is 0 Å². The summed E-state index contributed by atoms with van der Waals surface area (Å²) in [6.45, 7) is 0. The van der Waals surface area contributed by atoms with Crippen molar-refractivity contribution in [2.45, 2.75) is 0 Å². The molecule has 0 aromatic heterocycles. The maximum Gasteiger partial charge on any atom is 0.144 e. The third-order valence-electron chi connectivity index (χ3n) is 6.78. The van der Waals surface area contributed by atoms with E-state index in [2.05, 4.69) is 158 Å². The molecular weight excluding hydrogens is 455 g/mol. The predicted molar refractivity (Wildman–Crippen MR) is 156 cm³/mol. The van der Waals surface area contributed by atoms with Crippen molar-refractivity contribution in [3.8, 4) is 11.1 Å². The van der Waals surface area contributed by atoms with Gasteiger partial charge >= 0.3 is 0 Å². The molecule has 0 atom stereocenters. The first-order valence-electron chi connectivity index (χ1n) is 12.0. The molecule has 0 saturated carbocycles. The highest BCUT2D eigenvalue weighted by molar-refractivity contribution is 8.01. The Morgan fingerprint density at radius 2 is 0.750 bits per heavy atom. The lowest BCUT2D eigenvalue weighted by Gasteiger charge is -2.29. The normalized spacial score (nSPS) is 11.1. The Hall–Kier alpha value is -4.03. The summed E-state index contributed by atoms with van der Waals surface area (Å²) in [4.78, 5) is 0. The largest absolute Gasteiger partial charge is 0.870 e. The topological polar surface area (TPSA) is 30.0 Å². The highest BCUT2D eigenvalue weighted by atomic mass is 31.2. The van der Waals surface area contributed by atoms with Gasteiger partial charge in [-0.15, -0.1) is 0 Å². The van der Waals surface area contributed by atoms with E-state index < -0.39 is 7.26 Å². The number of hydrogen-bond donors (Lipinski definition) is 0. The second-order valence-corrected chi connectivity index (χ2v) is 12.1. The van der Waals surface area contributed by atoms with Gasteiger partial charge in [0.1, 0.15) is 28.5 Å². The number of benzene rings is 6. The first-order valence-corrected chi connectivity index (χ1v) is 13.8. The lowest BCUT2D eigenvalue weighted by Crippen LogP contribution is -2.39. The number of fused-ring (bicyclic) bond motifs is 1. The summed E-state index contributed by atoms with van der Waals surface area (Å²) in [5.74, 6) is 0. The van der Waals surface area contributed by atoms with Gasteiger partial charge in [-0.3, -0.25) is 0 Å². The van der Waals surface area contributed by atoms with Crippen LogP contribution in [0.4, 0.5) is 0 Å². The fourth-order valence-corrected chi connectivity index (χ4v) is 9.73. The van der Waals surface area contributed by atoms with Crippen molar-refractivity contribution in [3.63, 3.8) is 0 Å². The molecule has 2 heteroatoms. The van der Waals surface area contributed by atoms with Crippen molar-refractivity contribution in [2.75, 3.05) is 0 Å². The van der Waals surface area contributed by atoms with Crippen LogP contribution in [0.1, 0.15) is 0 Å².